The van der Waals surface area contributed by atoms with E-state index < -0.39 is 17.6 Å². The maximum absolute atomic E-state index is 15.0. The number of nitrogens with one attached hydrogen (secondary N) is 4. The Balaban J connectivity index is 1.53. The van der Waals surface area contributed by atoms with Gasteiger partial charge in [0.25, 0.3) is 0 Å². The molecule has 0 spiro atoms. The molecular formula is C31H54FN8O+. The Morgan fingerprint density at radius 2 is 2.00 bits per heavy atom. The molecule has 41 heavy (non-hydrogen) atoms. The van der Waals surface area contributed by atoms with Gasteiger partial charge in [0.05, 0.1) is 30.1 Å². The first-order valence-electron chi connectivity index (χ1n) is 16.1. The van der Waals surface area contributed by atoms with Crippen molar-refractivity contribution in [3.05, 3.63) is 23.7 Å². The predicted molar refractivity (Wildman–Crippen MR) is 161 cm³/mol. The van der Waals surface area contributed by atoms with E-state index >= 15 is 4.39 Å². The van der Waals surface area contributed by atoms with E-state index in [-0.39, 0.29) is 47.5 Å². The predicted octanol–water partition coefficient (Wildman–Crippen LogP) is 2.40. The van der Waals surface area contributed by atoms with Gasteiger partial charge >= 0.3 is 0 Å². The lowest BCUT2D eigenvalue weighted by molar-refractivity contribution is -0.568. The number of nitrogens with two attached hydrogens (primary N) is 2. The summed E-state index contributed by atoms with van der Waals surface area (Å²) < 4.78 is 17.0. The molecule has 3 heterocycles. The molecule has 1 saturated heterocycles. The second-order valence-corrected chi connectivity index (χ2v) is 13.6. The number of rotatable bonds is 7. The molecule has 9 unspecified atom stereocenters. The SMILES string of the molecule is CC[N+]1=CC(F)=CC2CC2(CC)CC1C(C(=O)NC12CCCCCC(C)C(=CNC1)C2N1NC(C)NC1C)C(N)N. The number of carbonyl (C=O) groups is 1. The van der Waals surface area contributed by atoms with E-state index in [4.69, 9.17) is 11.5 Å². The summed E-state index contributed by atoms with van der Waals surface area (Å²) in [7, 11) is 0. The lowest BCUT2D eigenvalue weighted by Gasteiger charge is -2.51. The van der Waals surface area contributed by atoms with E-state index in [1.807, 2.05) is 11.5 Å². The van der Waals surface area contributed by atoms with Crippen LogP contribution >= 0.6 is 0 Å². The van der Waals surface area contributed by atoms with Crippen molar-refractivity contribution in [3.8, 4) is 0 Å². The first kappa shape index (κ1) is 30.6. The van der Waals surface area contributed by atoms with Gasteiger partial charge in [-0.25, -0.2) is 19.4 Å². The zero-order valence-electron chi connectivity index (χ0n) is 25.8. The topological polar surface area (TPSA) is 123 Å². The first-order valence-corrected chi connectivity index (χ1v) is 16.1. The van der Waals surface area contributed by atoms with E-state index in [2.05, 4.69) is 60.3 Å². The summed E-state index contributed by atoms with van der Waals surface area (Å²) in [6.07, 6.45) is 12.8. The summed E-state index contributed by atoms with van der Waals surface area (Å²) in [6, 6.07) is -0.323. The van der Waals surface area contributed by atoms with Crippen LogP contribution < -0.4 is 32.8 Å². The van der Waals surface area contributed by atoms with Crippen LogP contribution in [-0.4, -0.2) is 70.9 Å². The maximum atomic E-state index is 15.0. The quantitative estimate of drug-likeness (QED) is 0.204. The third kappa shape index (κ3) is 5.87. The molecule has 3 aliphatic heterocycles. The highest BCUT2D eigenvalue weighted by Crippen LogP contribution is 2.60. The van der Waals surface area contributed by atoms with E-state index in [0.29, 0.717) is 19.0 Å². The van der Waals surface area contributed by atoms with Gasteiger partial charge in [-0.15, -0.1) is 0 Å². The van der Waals surface area contributed by atoms with Gasteiger partial charge in [-0.3, -0.25) is 10.1 Å². The van der Waals surface area contributed by atoms with Crippen LogP contribution in [0.1, 0.15) is 86.0 Å². The van der Waals surface area contributed by atoms with E-state index in [0.717, 1.165) is 44.9 Å². The number of amides is 1. The lowest BCUT2D eigenvalue weighted by Crippen LogP contribution is -2.72. The Hall–Kier alpha value is -1.85. The molecule has 0 aromatic carbocycles. The highest BCUT2D eigenvalue weighted by atomic mass is 19.1. The minimum atomic E-state index is -0.873. The van der Waals surface area contributed by atoms with Crippen molar-refractivity contribution < 1.29 is 13.8 Å². The fourth-order valence-corrected chi connectivity index (χ4v) is 8.45. The number of hydrogen-bond donors (Lipinski definition) is 6. The molecular weight excluding hydrogens is 519 g/mol. The number of hydrazine groups is 1. The number of halogens is 1. The van der Waals surface area contributed by atoms with Gasteiger partial charge in [0.2, 0.25) is 5.91 Å². The zero-order valence-corrected chi connectivity index (χ0v) is 25.8. The Kier molecular flexibility index (Phi) is 8.98. The molecule has 2 saturated carbocycles. The molecule has 9 nitrogen and oxygen atoms in total. The van der Waals surface area contributed by atoms with Crippen molar-refractivity contribution in [3.63, 3.8) is 0 Å². The minimum absolute atomic E-state index is 0.00940. The average Bonchev–Trinajstić information content (AvgIpc) is 3.46. The van der Waals surface area contributed by atoms with Crippen molar-refractivity contribution in [1.82, 2.24) is 26.4 Å². The fraction of sp³-hybridized carbons (Fsp3) is 0.806. The smallest absolute Gasteiger partial charge is 0.233 e. The summed E-state index contributed by atoms with van der Waals surface area (Å²) in [6.45, 7) is 12.0. The van der Waals surface area contributed by atoms with Gasteiger partial charge in [-0.1, -0.05) is 33.1 Å². The molecule has 1 amide bonds. The van der Waals surface area contributed by atoms with Crippen LogP contribution in [0.5, 0.6) is 0 Å². The molecule has 0 aromatic heterocycles. The monoisotopic (exact) mass is 573 g/mol. The summed E-state index contributed by atoms with van der Waals surface area (Å²) >= 11 is 0. The number of carbonyl (C=O) groups excluding carboxylic acids is 1. The molecule has 9 atom stereocenters. The van der Waals surface area contributed by atoms with Crippen LogP contribution in [0.4, 0.5) is 4.39 Å². The van der Waals surface area contributed by atoms with E-state index in [1.165, 1.54) is 12.0 Å². The summed E-state index contributed by atoms with van der Waals surface area (Å²) in [5, 5.41) is 13.1. The first-order chi connectivity index (χ1) is 19.5. The summed E-state index contributed by atoms with van der Waals surface area (Å²) in [5.74, 6) is -0.460. The van der Waals surface area contributed by atoms with Gasteiger partial charge < -0.3 is 22.1 Å². The van der Waals surface area contributed by atoms with Crippen molar-refractivity contribution in [1.29, 1.82) is 0 Å². The minimum Gasteiger partial charge on any atom is -0.388 e. The van der Waals surface area contributed by atoms with Gasteiger partial charge in [-0.2, -0.15) is 0 Å². The van der Waals surface area contributed by atoms with Crippen LogP contribution in [0.25, 0.3) is 0 Å². The normalized spacial score (nSPS) is 40.4. The van der Waals surface area contributed by atoms with Gasteiger partial charge in [0.15, 0.2) is 18.1 Å². The Bertz CT molecular complexity index is 1080. The molecule has 5 rings (SSSR count). The Labute approximate surface area is 245 Å². The molecule has 3 fully saturated rings. The van der Waals surface area contributed by atoms with Crippen molar-refractivity contribution in [2.45, 2.75) is 122 Å². The van der Waals surface area contributed by atoms with Crippen LogP contribution in [0, 0.1) is 23.2 Å². The van der Waals surface area contributed by atoms with Gasteiger partial charge in [-0.05, 0) is 81.6 Å². The molecule has 230 valence electrons. The van der Waals surface area contributed by atoms with E-state index in [9.17, 15) is 4.79 Å². The van der Waals surface area contributed by atoms with Crippen molar-refractivity contribution in [2.75, 3.05) is 13.1 Å². The molecule has 0 radical (unpaired) electrons. The third-order valence-electron chi connectivity index (χ3n) is 10.9. The Morgan fingerprint density at radius 1 is 1.22 bits per heavy atom. The van der Waals surface area contributed by atoms with Crippen LogP contribution in [0.15, 0.2) is 23.7 Å². The number of fused-ring (bicyclic) bond motifs is 3. The van der Waals surface area contributed by atoms with Crippen molar-refractivity contribution >= 4 is 12.1 Å². The lowest BCUT2D eigenvalue weighted by atomic mass is 9.74. The number of allylic oxidation sites excluding steroid dienone is 2. The molecule has 5 aliphatic rings. The summed E-state index contributed by atoms with van der Waals surface area (Å²) in [4.78, 5) is 14.7. The van der Waals surface area contributed by atoms with Crippen LogP contribution in [-0.2, 0) is 4.79 Å². The van der Waals surface area contributed by atoms with Crippen molar-refractivity contribution in [2.24, 2.45) is 34.6 Å². The largest absolute Gasteiger partial charge is 0.388 e. The average molecular weight is 574 g/mol. The number of hydrogen-bond acceptors (Lipinski definition) is 7. The Morgan fingerprint density at radius 3 is 2.66 bits per heavy atom. The second-order valence-electron chi connectivity index (χ2n) is 13.6. The standard InChI is InChI=1S/C31H53FN8O/c1-6-30-14-22(30)13-23(32)17-39(7-2)25(15-30)26(28(33)34)29(41)37-31-12-10-8-9-11-19(3)24(16-35-18-31)27(31)40-21(5)36-20(4)38-40/h13,16-17,19-22,25-28,35-36,38H,6-12,14-15,18,33-34H2,1-5H3/p+1. The maximum Gasteiger partial charge on any atom is 0.233 e. The fourth-order valence-electron chi connectivity index (χ4n) is 8.45. The highest BCUT2D eigenvalue weighted by Gasteiger charge is 2.58. The molecule has 8 N–H and O–H groups in total. The molecule has 2 aliphatic carbocycles. The number of nitrogens with zero attached hydrogens (tertiary/aromatic N) is 2. The van der Waals surface area contributed by atoms with E-state index in [1.54, 1.807) is 12.3 Å². The molecule has 10 heteroatoms. The zero-order chi connectivity index (χ0) is 29.5. The van der Waals surface area contributed by atoms with Gasteiger partial charge in [0, 0.05) is 13.0 Å². The highest BCUT2D eigenvalue weighted by molar-refractivity contribution is 5.81. The van der Waals surface area contributed by atoms with Gasteiger partial charge in [0.1, 0.15) is 12.5 Å². The van der Waals surface area contributed by atoms with Crippen LogP contribution in [0.2, 0.25) is 0 Å². The third-order valence-corrected chi connectivity index (χ3v) is 10.9. The molecule has 0 aromatic rings. The van der Waals surface area contributed by atoms with Crippen LogP contribution in [0.3, 0.4) is 0 Å². The molecule has 2 bridgehead atoms. The second kappa shape index (κ2) is 12.0. The summed E-state index contributed by atoms with van der Waals surface area (Å²) in [5.41, 5.74) is 17.4.